The van der Waals surface area contributed by atoms with E-state index in [1.807, 2.05) is 0 Å². The topological polar surface area (TPSA) is 55.8 Å². The molecule has 20 heavy (non-hydrogen) atoms. The highest BCUT2D eigenvalue weighted by Gasteiger charge is 2.26. The number of rotatable bonds is 2. The van der Waals surface area contributed by atoms with Crippen molar-refractivity contribution in [3.63, 3.8) is 0 Å². The number of anilines is 1. The number of benzene rings is 1. The number of carbonyl (C=O) groups is 2. The first-order valence-electron chi connectivity index (χ1n) is 6.46. The Morgan fingerprint density at radius 2 is 2.20 bits per heavy atom. The maximum atomic E-state index is 12.0. The van der Waals surface area contributed by atoms with Crippen LogP contribution in [0.4, 0.5) is 5.69 Å². The molecule has 1 aromatic carbocycles. The SMILES string of the molecule is CCOC(=O)c1cc(Cl)cc2c1OCCCN2C(C)=O. The molecule has 1 heterocycles. The number of esters is 1. The van der Waals surface area contributed by atoms with Crippen LogP contribution in [0.1, 0.15) is 30.6 Å². The number of amides is 1. The van der Waals surface area contributed by atoms with Gasteiger partial charge in [0.1, 0.15) is 5.56 Å². The Morgan fingerprint density at radius 1 is 1.45 bits per heavy atom. The molecular weight excluding hydrogens is 282 g/mol. The van der Waals surface area contributed by atoms with Gasteiger partial charge in [0.25, 0.3) is 0 Å². The quantitative estimate of drug-likeness (QED) is 0.788. The molecule has 1 aliphatic heterocycles. The van der Waals surface area contributed by atoms with Crippen LogP contribution >= 0.6 is 11.6 Å². The van der Waals surface area contributed by atoms with E-state index in [-0.39, 0.29) is 18.1 Å². The molecule has 0 bridgehead atoms. The number of nitrogens with zero attached hydrogens (tertiary/aromatic N) is 1. The second-order valence-electron chi connectivity index (χ2n) is 4.39. The van der Waals surface area contributed by atoms with Crippen molar-refractivity contribution in [2.24, 2.45) is 0 Å². The molecule has 1 amide bonds. The summed E-state index contributed by atoms with van der Waals surface area (Å²) in [7, 11) is 0. The Labute approximate surface area is 122 Å². The fourth-order valence-corrected chi connectivity index (χ4v) is 2.35. The summed E-state index contributed by atoms with van der Waals surface area (Å²) in [5.41, 5.74) is 0.771. The standard InChI is InChI=1S/C14H16ClNO4/c1-3-19-14(18)11-7-10(15)8-12-13(11)20-6-4-5-16(12)9(2)17/h7-8H,3-6H2,1-2H3. The number of hydrogen-bond acceptors (Lipinski definition) is 4. The normalized spacial score (nSPS) is 14.1. The molecule has 0 unspecified atom stereocenters. The van der Waals surface area contributed by atoms with Gasteiger partial charge in [-0.1, -0.05) is 11.6 Å². The summed E-state index contributed by atoms with van der Waals surface area (Å²) in [6.07, 6.45) is 0.689. The van der Waals surface area contributed by atoms with Crippen LogP contribution in [0.3, 0.4) is 0 Å². The van der Waals surface area contributed by atoms with Gasteiger partial charge < -0.3 is 14.4 Å². The summed E-state index contributed by atoms with van der Waals surface area (Å²) < 4.78 is 10.6. The zero-order valence-corrected chi connectivity index (χ0v) is 12.2. The van der Waals surface area contributed by atoms with Crippen LogP contribution in [0, 0.1) is 0 Å². The third-order valence-corrected chi connectivity index (χ3v) is 3.19. The van der Waals surface area contributed by atoms with Crippen LogP contribution in [0.15, 0.2) is 12.1 Å². The van der Waals surface area contributed by atoms with E-state index in [1.54, 1.807) is 17.9 Å². The lowest BCUT2D eigenvalue weighted by molar-refractivity contribution is -0.116. The molecule has 2 rings (SSSR count). The molecule has 0 radical (unpaired) electrons. The van der Waals surface area contributed by atoms with Crippen LogP contribution < -0.4 is 9.64 Å². The highest BCUT2D eigenvalue weighted by Crippen LogP contribution is 2.37. The molecule has 0 saturated carbocycles. The van der Waals surface area contributed by atoms with E-state index in [9.17, 15) is 9.59 Å². The van der Waals surface area contributed by atoms with Gasteiger partial charge in [-0.2, -0.15) is 0 Å². The smallest absolute Gasteiger partial charge is 0.342 e. The Morgan fingerprint density at radius 3 is 2.85 bits per heavy atom. The van der Waals surface area contributed by atoms with Crippen molar-refractivity contribution < 1.29 is 19.1 Å². The minimum absolute atomic E-state index is 0.117. The molecule has 0 atom stereocenters. The molecule has 0 spiro atoms. The maximum Gasteiger partial charge on any atom is 0.342 e. The number of halogens is 1. The fourth-order valence-electron chi connectivity index (χ4n) is 2.14. The van der Waals surface area contributed by atoms with Crippen molar-refractivity contribution in [1.29, 1.82) is 0 Å². The largest absolute Gasteiger partial charge is 0.490 e. The zero-order valence-electron chi connectivity index (χ0n) is 11.4. The minimum Gasteiger partial charge on any atom is -0.490 e. The van der Waals surface area contributed by atoms with Gasteiger partial charge in [0.15, 0.2) is 5.75 Å². The highest BCUT2D eigenvalue weighted by molar-refractivity contribution is 6.31. The first-order valence-corrected chi connectivity index (χ1v) is 6.84. The predicted octanol–water partition coefficient (Wildman–Crippen LogP) is 2.65. The van der Waals surface area contributed by atoms with Crippen LogP contribution in [-0.4, -0.2) is 31.6 Å². The van der Waals surface area contributed by atoms with Crippen LogP contribution in [0.25, 0.3) is 0 Å². The summed E-state index contributed by atoms with van der Waals surface area (Å²) in [6, 6.07) is 3.13. The first-order chi connectivity index (χ1) is 9.54. The molecule has 0 aliphatic carbocycles. The van der Waals surface area contributed by atoms with Crippen molar-refractivity contribution in [3.8, 4) is 5.75 Å². The van der Waals surface area contributed by atoms with Crippen molar-refractivity contribution in [1.82, 2.24) is 0 Å². The van der Waals surface area contributed by atoms with Gasteiger partial charge >= 0.3 is 5.97 Å². The summed E-state index contributed by atoms with van der Waals surface area (Å²) >= 11 is 6.05. The fraction of sp³-hybridized carbons (Fsp3) is 0.429. The average Bonchev–Trinajstić information content (AvgIpc) is 2.60. The Hall–Kier alpha value is -1.75. The van der Waals surface area contributed by atoms with Crippen molar-refractivity contribution >= 4 is 29.2 Å². The number of fused-ring (bicyclic) bond motifs is 1. The zero-order chi connectivity index (χ0) is 14.7. The van der Waals surface area contributed by atoms with E-state index in [0.29, 0.717) is 36.0 Å². The van der Waals surface area contributed by atoms with Gasteiger partial charge in [-0.3, -0.25) is 4.79 Å². The lowest BCUT2D eigenvalue weighted by atomic mass is 10.1. The lowest BCUT2D eigenvalue weighted by Gasteiger charge is -2.21. The molecular formula is C14H16ClNO4. The summed E-state index contributed by atoms with van der Waals surface area (Å²) in [6.45, 7) is 4.43. The monoisotopic (exact) mass is 297 g/mol. The number of hydrogen-bond donors (Lipinski definition) is 0. The Kier molecular flexibility index (Phi) is 4.49. The van der Waals surface area contributed by atoms with Crippen molar-refractivity contribution in [2.45, 2.75) is 20.3 Å². The van der Waals surface area contributed by atoms with Gasteiger partial charge in [0.2, 0.25) is 5.91 Å². The second kappa shape index (κ2) is 6.13. The lowest BCUT2D eigenvalue weighted by Crippen LogP contribution is -2.29. The van der Waals surface area contributed by atoms with Crippen LogP contribution in [0.5, 0.6) is 5.75 Å². The van der Waals surface area contributed by atoms with E-state index in [1.165, 1.54) is 13.0 Å². The third-order valence-electron chi connectivity index (χ3n) is 2.97. The van der Waals surface area contributed by atoms with Crippen molar-refractivity contribution in [2.75, 3.05) is 24.7 Å². The maximum absolute atomic E-state index is 12.0. The van der Waals surface area contributed by atoms with Gasteiger partial charge in [-0.25, -0.2) is 4.79 Å². The third kappa shape index (κ3) is 2.88. The highest BCUT2D eigenvalue weighted by atomic mass is 35.5. The second-order valence-corrected chi connectivity index (χ2v) is 4.83. The summed E-state index contributed by atoms with van der Waals surface area (Å²) in [4.78, 5) is 25.3. The molecule has 1 aliphatic rings. The van der Waals surface area contributed by atoms with Crippen LogP contribution in [-0.2, 0) is 9.53 Å². The predicted molar refractivity (Wildman–Crippen MR) is 75.5 cm³/mol. The van der Waals surface area contributed by atoms with E-state index in [2.05, 4.69) is 0 Å². The van der Waals surface area contributed by atoms with Crippen molar-refractivity contribution in [3.05, 3.63) is 22.7 Å². The molecule has 0 aromatic heterocycles. The van der Waals surface area contributed by atoms with E-state index in [0.717, 1.165) is 0 Å². The Balaban J connectivity index is 2.55. The molecule has 1 aromatic rings. The molecule has 0 saturated heterocycles. The van der Waals surface area contributed by atoms with Crippen LogP contribution in [0.2, 0.25) is 5.02 Å². The molecule has 6 heteroatoms. The molecule has 108 valence electrons. The average molecular weight is 298 g/mol. The molecule has 5 nitrogen and oxygen atoms in total. The minimum atomic E-state index is -0.503. The van der Waals surface area contributed by atoms with Gasteiger partial charge in [-0.15, -0.1) is 0 Å². The molecule has 0 fully saturated rings. The number of carbonyl (C=O) groups excluding carboxylic acids is 2. The number of ether oxygens (including phenoxy) is 2. The Bertz CT molecular complexity index is 544. The molecule has 0 N–H and O–H groups in total. The van der Waals surface area contributed by atoms with E-state index in [4.69, 9.17) is 21.1 Å². The summed E-state index contributed by atoms with van der Waals surface area (Å²) in [5, 5.41) is 0.364. The van der Waals surface area contributed by atoms with E-state index >= 15 is 0 Å². The summed E-state index contributed by atoms with van der Waals surface area (Å²) in [5.74, 6) is -0.258. The van der Waals surface area contributed by atoms with Gasteiger partial charge in [0.05, 0.1) is 18.9 Å². The van der Waals surface area contributed by atoms with E-state index < -0.39 is 5.97 Å². The van der Waals surface area contributed by atoms with Gasteiger partial charge in [-0.05, 0) is 25.5 Å². The first kappa shape index (κ1) is 14.7. The van der Waals surface area contributed by atoms with Gasteiger partial charge in [0, 0.05) is 18.5 Å².